The molecule has 0 radical (unpaired) electrons. The number of aromatic nitrogens is 2. The molecule has 106 valence electrons. The molecule has 0 amide bonds. The highest BCUT2D eigenvalue weighted by Crippen LogP contribution is 2.16. The minimum Gasteiger partial charge on any atom is -0.491 e. The quantitative estimate of drug-likeness (QED) is 0.415. The van der Waals surface area contributed by atoms with Crippen LogP contribution >= 0.6 is 11.8 Å². The fourth-order valence-corrected chi connectivity index (χ4v) is 2.20. The summed E-state index contributed by atoms with van der Waals surface area (Å²) in [6.07, 6.45) is 0.753. The molecular formula is C13H15N3O3S. The van der Waals surface area contributed by atoms with E-state index in [4.69, 9.17) is 10.5 Å². The number of hydrogen-bond acceptors (Lipinski definition) is 6. The van der Waals surface area contributed by atoms with E-state index in [1.54, 1.807) is 24.3 Å². The number of nitrogens with zero attached hydrogens (tertiary/aromatic N) is 1. The lowest BCUT2D eigenvalue weighted by molar-refractivity contribution is 0.126. The summed E-state index contributed by atoms with van der Waals surface area (Å²) in [6.45, 7) is 0.146. The van der Waals surface area contributed by atoms with Crippen LogP contribution in [0.25, 0.3) is 0 Å². The zero-order valence-corrected chi connectivity index (χ0v) is 11.5. The molecule has 0 saturated heterocycles. The summed E-state index contributed by atoms with van der Waals surface area (Å²) in [5.74, 6) is 0.982. The molecule has 2 aromatic rings. The monoisotopic (exact) mass is 293 g/mol. The van der Waals surface area contributed by atoms with E-state index in [0.29, 0.717) is 22.3 Å². The molecule has 0 aliphatic heterocycles. The smallest absolute Gasteiger partial charge is 0.251 e. The Kier molecular flexibility index (Phi) is 5.03. The van der Waals surface area contributed by atoms with E-state index in [0.717, 1.165) is 0 Å². The van der Waals surface area contributed by atoms with Gasteiger partial charge in [-0.25, -0.2) is 4.98 Å². The van der Waals surface area contributed by atoms with Gasteiger partial charge in [0.15, 0.2) is 5.16 Å². The molecule has 7 heteroatoms. The van der Waals surface area contributed by atoms with Crippen molar-refractivity contribution in [3.05, 3.63) is 46.9 Å². The van der Waals surface area contributed by atoms with Gasteiger partial charge in [-0.3, -0.25) is 4.79 Å². The summed E-state index contributed by atoms with van der Waals surface area (Å²) < 4.78 is 5.43. The number of aliphatic hydroxyl groups is 1. The summed E-state index contributed by atoms with van der Waals surface area (Å²) in [6, 6.07) is 8.34. The second-order valence-corrected chi connectivity index (χ2v) is 5.10. The molecule has 0 aliphatic carbocycles. The van der Waals surface area contributed by atoms with Gasteiger partial charge in [-0.1, -0.05) is 17.8 Å². The van der Waals surface area contributed by atoms with Gasteiger partial charge >= 0.3 is 0 Å². The third kappa shape index (κ3) is 4.60. The van der Waals surface area contributed by atoms with Gasteiger partial charge in [-0.05, 0) is 12.1 Å². The van der Waals surface area contributed by atoms with Crippen LogP contribution in [0.3, 0.4) is 0 Å². The van der Waals surface area contributed by atoms with Gasteiger partial charge in [-0.2, -0.15) is 0 Å². The topological polar surface area (TPSA) is 101 Å². The first kappa shape index (κ1) is 14.4. The SMILES string of the molecule is Nc1cccc(OCC(O)CSc2nccc(=O)[nH]2)c1. The maximum Gasteiger partial charge on any atom is 0.251 e. The highest BCUT2D eigenvalue weighted by Gasteiger charge is 2.07. The van der Waals surface area contributed by atoms with Crippen LogP contribution in [0.5, 0.6) is 5.75 Å². The van der Waals surface area contributed by atoms with Crippen LogP contribution in [-0.4, -0.2) is 33.5 Å². The second-order valence-electron chi connectivity index (χ2n) is 4.09. The summed E-state index contributed by atoms with van der Waals surface area (Å²) in [4.78, 5) is 17.6. The molecule has 1 heterocycles. The van der Waals surface area contributed by atoms with Crippen molar-refractivity contribution in [1.82, 2.24) is 9.97 Å². The fraction of sp³-hybridized carbons (Fsp3) is 0.231. The predicted octanol–water partition coefficient (Wildman–Crippen LogP) is 0.884. The standard InChI is InChI=1S/C13H15N3O3S/c14-9-2-1-3-11(6-9)19-7-10(17)8-20-13-15-5-4-12(18)16-13/h1-6,10,17H,7-8,14H2,(H,15,16,18). The summed E-state index contributed by atoms with van der Waals surface area (Å²) in [5, 5.41) is 10.3. The number of nitrogen functional groups attached to an aromatic ring is 1. The van der Waals surface area contributed by atoms with Crippen LogP contribution in [0.15, 0.2) is 46.5 Å². The van der Waals surface area contributed by atoms with Gasteiger partial charge in [0.05, 0.1) is 6.10 Å². The molecule has 6 nitrogen and oxygen atoms in total. The average molecular weight is 293 g/mol. The Morgan fingerprint density at radius 2 is 2.30 bits per heavy atom. The van der Waals surface area contributed by atoms with Crippen molar-refractivity contribution in [2.24, 2.45) is 0 Å². The average Bonchev–Trinajstić information content (AvgIpc) is 2.43. The minimum atomic E-state index is -0.674. The van der Waals surface area contributed by atoms with Gasteiger partial charge in [0.2, 0.25) is 0 Å². The fourth-order valence-electron chi connectivity index (χ4n) is 1.45. The molecule has 0 aliphatic rings. The largest absolute Gasteiger partial charge is 0.491 e. The molecule has 1 atom stereocenters. The number of ether oxygens (including phenoxy) is 1. The molecule has 20 heavy (non-hydrogen) atoms. The summed E-state index contributed by atoms with van der Waals surface area (Å²) in [7, 11) is 0. The Balaban J connectivity index is 1.78. The highest BCUT2D eigenvalue weighted by molar-refractivity contribution is 7.99. The first-order chi connectivity index (χ1) is 9.63. The van der Waals surface area contributed by atoms with Gasteiger partial charge in [-0.15, -0.1) is 0 Å². The van der Waals surface area contributed by atoms with Crippen LogP contribution in [0.4, 0.5) is 5.69 Å². The van der Waals surface area contributed by atoms with Crippen LogP contribution in [0, 0.1) is 0 Å². The number of H-pyrrole nitrogens is 1. The van der Waals surface area contributed by atoms with Gasteiger partial charge < -0.3 is 20.6 Å². The van der Waals surface area contributed by atoms with E-state index in [9.17, 15) is 9.90 Å². The van der Waals surface area contributed by atoms with Crippen molar-refractivity contribution < 1.29 is 9.84 Å². The number of aliphatic hydroxyl groups excluding tert-OH is 1. The lowest BCUT2D eigenvalue weighted by Gasteiger charge is -2.12. The molecule has 2 rings (SSSR count). The Hall–Kier alpha value is -1.99. The van der Waals surface area contributed by atoms with Gasteiger partial charge in [0, 0.05) is 29.8 Å². The predicted molar refractivity (Wildman–Crippen MR) is 77.9 cm³/mol. The Labute approximate surface area is 120 Å². The Morgan fingerprint density at radius 3 is 3.05 bits per heavy atom. The lowest BCUT2D eigenvalue weighted by atomic mass is 10.3. The molecule has 4 N–H and O–H groups in total. The van der Waals surface area contributed by atoms with Crippen molar-refractivity contribution in [1.29, 1.82) is 0 Å². The van der Waals surface area contributed by atoms with Crippen LogP contribution in [0.2, 0.25) is 0 Å². The van der Waals surface area contributed by atoms with Crippen molar-refractivity contribution in [3.8, 4) is 5.75 Å². The van der Waals surface area contributed by atoms with Gasteiger partial charge in [0.25, 0.3) is 5.56 Å². The zero-order valence-electron chi connectivity index (χ0n) is 10.7. The number of nitrogens with one attached hydrogen (secondary N) is 1. The molecular weight excluding hydrogens is 278 g/mol. The molecule has 0 bridgehead atoms. The molecule has 1 aromatic heterocycles. The number of nitrogens with two attached hydrogens (primary N) is 1. The number of benzene rings is 1. The number of thioether (sulfide) groups is 1. The van der Waals surface area contributed by atoms with Crippen molar-refractivity contribution >= 4 is 17.4 Å². The van der Waals surface area contributed by atoms with Crippen LogP contribution < -0.4 is 16.0 Å². The van der Waals surface area contributed by atoms with Crippen molar-refractivity contribution in [2.45, 2.75) is 11.3 Å². The van der Waals surface area contributed by atoms with E-state index in [1.165, 1.54) is 24.0 Å². The highest BCUT2D eigenvalue weighted by atomic mass is 32.2. The normalized spacial score (nSPS) is 12.1. The lowest BCUT2D eigenvalue weighted by Crippen LogP contribution is -2.20. The molecule has 1 unspecified atom stereocenters. The molecule has 0 saturated carbocycles. The third-order valence-electron chi connectivity index (χ3n) is 2.36. The number of hydrogen-bond donors (Lipinski definition) is 3. The van der Waals surface area contributed by atoms with Crippen molar-refractivity contribution in [3.63, 3.8) is 0 Å². The van der Waals surface area contributed by atoms with E-state index < -0.39 is 6.10 Å². The minimum absolute atomic E-state index is 0.146. The van der Waals surface area contributed by atoms with E-state index >= 15 is 0 Å². The number of rotatable bonds is 6. The van der Waals surface area contributed by atoms with Crippen LogP contribution in [-0.2, 0) is 0 Å². The van der Waals surface area contributed by atoms with Gasteiger partial charge in [0.1, 0.15) is 12.4 Å². The van der Waals surface area contributed by atoms with Crippen LogP contribution in [0.1, 0.15) is 0 Å². The maximum absolute atomic E-state index is 11.1. The first-order valence-corrected chi connectivity index (χ1v) is 6.96. The molecule has 0 fully saturated rings. The molecule has 0 spiro atoms. The summed E-state index contributed by atoms with van der Waals surface area (Å²) in [5.41, 5.74) is 6.02. The van der Waals surface area contributed by atoms with E-state index in [-0.39, 0.29) is 12.2 Å². The van der Waals surface area contributed by atoms with E-state index in [2.05, 4.69) is 9.97 Å². The number of aromatic amines is 1. The molecule has 1 aromatic carbocycles. The van der Waals surface area contributed by atoms with Crippen molar-refractivity contribution in [2.75, 3.05) is 18.1 Å². The Morgan fingerprint density at radius 1 is 1.45 bits per heavy atom. The maximum atomic E-state index is 11.1. The van der Waals surface area contributed by atoms with E-state index in [1.807, 2.05) is 0 Å². The number of anilines is 1. The third-order valence-corrected chi connectivity index (χ3v) is 3.39. The Bertz CT molecular complexity index is 618. The second kappa shape index (κ2) is 6.97. The zero-order chi connectivity index (χ0) is 14.4. The first-order valence-electron chi connectivity index (χ1n) is 5.98. The summed E-state index contributed by atoms with van der Waals surface area (Å²) >= 11 is 1.26.